The number of rotatable bonds is 4. The Bertz CT molecular complexity index is 724. The van der Waals surface area contributed by atoms with Crippen LogP contribution in [0.4, 0.5) is 0 Å². The SMILES string of the molecule is CSc1nc(-c2ccccc2)c(-c2ccc(SN)cc2)o1. The summed E-state index contributed by atoms with van der Waals surface area (Å²) in [4.78, 5) is 5.60. The number of aromatic nitrogens is 1. The van der Waals surface area contributed by atoms with Crippen LogP contribution in [0.5, 0.6) is 0 Å². The maximum atomic E-state index is 5.89. The lowest BCUT2D eigenvalue weighted by atomic mass is 10.1. The average Bonchev–Trinajstić information content (AvgIpc) is 3.00. The molecule has 0 fully saturated rings. The molecule has 0 aliphatic carbocycles. The van der Waals surface area contributed by atoms with Gasteiger partial charge < -0.3 is 4.42 Å². The fraction of sp³-hybridized carbons (Fsp3) is 0.0625. The van der Waals surface area contributed by atoms with Gasteiger partial charge in [-0.3, -0.25) is 5.14 Å². The first-order valence-corrected chi connectivity index (χ1v) is 8.49. The molecule has 3 nitrogen and oxygen atoms in total. The summed E-state index contributed by atoms with van der Waals surface area (Å²) >= 11 is 2.73. The highest BCUT2D eigenvalue weighted by atomic mass is 32.2. The van der Waals surface area contributed by atoms with Crippen molar-refractivity contribution in [3.63, 3.8) is 0 Å². The Morgan fingerprint density at radius 3 is 2.29 bits per heavy atom. The Labute approximate surface area is 132 Å². The summed E-state index contributed by atoms with van der Waals surface area (Å²) in [5.41, 5.74) is 2.92. The molecule has 1 heterocycles. The smallest absolute Gasteiger partial charge is 0.256 e. The second-order valence-corrected chi connectivity index (χ2v) is 5.83. The highest BCUT2D eigenvalue weighted by Gasteiger charge is 2.16. The second-order valence-electron chi connectivity index (χ2n) is 4.37. The van der Waals surface area contributed by atoms with E-state index in [1.807, 2.05) is 60.9 Å². The van der Waals surface area contributed by atoms with Crippen LogP contribution in [0.2, 0.25) is 0 Å². The van der Waals surface area contributed by atoms with Crippen molar-refractivity contribution in [1.29, 1.82) is 0 Å². The molecular weight excluding hydrogens is 300 g/mol. The Hall–Kier alpha value is -1.69. The molecule has 3 aromatic rings. The lowest BCUT2D eigenvalue weighted by Crippen LogP contribution is -1.83. The van der Waals surface area contributed by atoms with Gasteiger partial charge in [0, 0.05) is 16.0 Å². The summed E-state index contributed by atoms with van der Waals surface area (Å²) in [7, 11) is 0. The third kappa shape index (κ3) is 3.00. The molecule has 21 heavy (non-hydrogen) atoms. The molecule has 0 radical (unpaired) electrons. The monoisotopic (exact) mass is 314 g/mol. The van der Waals surface area contributed by atoms with E-state index in [0.717, 1.165) is 27.5 Å². The molecule has 5 heteroatoms. The van der Waals surface area contributed by atoms with Crippen molar-refractivity contribution in [2.45, 2.75) is 10.1 Å². The fourth-order valence-electron chi connectivity index (χ4n) is 2.06. The number of hydrogen-bond acceptors (Lipinski definition) is 5. The zero-order valence-corrected chi connectivity index (χ0v) is 13.1. The molecule has 0 saturated heterocycles. The van der Waals surface area contributed by atoms with E-state index in [1.54, 1.807) is 0 Å². The Balaban J connectivity index is 2.10. The fourth-order valence-corrected chi connectivity index (χ4v) is 2.70. The van der Waals surface area contributed by atoms with Crippen LogP contribution in [0.15, 0.2) is 69.1 Å². The van der Waals surface area contributed by atoms with Gasteiger partial charge in [-0.1, -0.05) is 42.1 Å². The van der Waals surface area contributed by atoms with Gasteiger partial charge in [0.05, 0.1) is 0 Å². The zero-order valence-electron chi connectivity index (χ0n) is 11.4. The predicted molar refractivity (Wildman–Crippen MR) is 89.2 cm³/mol. The van der Waals surface area contributed by atoms with E-state index in [1.165, 1.54) is 23.7 Å². The molecule has 0 aliphatic heterocycles. The van der Waals surface area contributed by atoms with Crippen LogP contribution in [0, 0.1) is 0 Å². The van der Waals surface area contributed by atoms with Crippen LogP contribution < -0.4 is 5.14 Å². The summed E-state index contributed by atoms with van der Waals surface area (Å²) in [5.74, 6) is 0.791. The molecule has 0 saturated carbocycles. The lowest BCUT2D eigenvalue weighted by Gasteiger charge is -2.02. The highest BCUT2D eigenvalue weighted by Crippen LogP contribution is 2.35. The van der Waals surface area contributed by atoms with Crippen molar-refractivity contribution >= 4 is 23.7 Å². The molecule has 106 valence electrons. The first-order valence-electron chi connectivity index (χ1n) is 6.39. The number of thioether (sulfide) groups is 1. The first kappa shape index (κ1) is 14.3. The zero-order chi connectivity index (χ0) is 14.7. The third-order valence-electron chi connectivity index (χ3n) is 3.08. The van der Waals surface area contributed by atoms with Crippen LogP contribution >= 0.6 is 23.7 Å². The molecule has 0 aliphatic rings. The van der Waals surface area contributed by atoms with Crippen molar-refractivity contribution in [1.82, 2.24) is 4.98 Å². The molecule has 2 N–H and O–H groups in total. The number of nitrogens with zero attached hydrogens (tertiary/aromatic N) is 1. The Morgan fingerprint density at radius 1 is 0.952 bits per heavy atom. The van der Waals surface area contributed by atoms with Crippen LogP contribution in [-0.4, -0.2) is 11.2 Å². The van der Waals surface area contributed by atoms with E-state index in [9.17, 15) is 0 Å². The standard InChI is InChI=1S/C16H14N2OS2/c1-20-16-18-14(11-5-3-2-4-6-11)15(19-16)12-7-9-13(21-17)10-8-12/h2-10H,17H2,1H3. The molecule has 1 aromatic heterocycles. The van der Waals surface area contributed by atoms with Crippen molar-refractivity contribution in [2.24, 2.45) is 5.14 Å². The normalized spacial score (nSPS) is 10.8. The number of nitrogens with two attached hydrogens (primary N) is 1. The molecule has 0 unspecified atom stereocenters. The van der Waals surface area contributed by atoms with Gasteiger partial charge in [0.15, 0.2) is 5.76 Å². The van der Waals surface area contributed by atoms with E-state index in [0.29, 0.717) is 5.22 Å². The number of oxazole rings is 1. The summed E-state index contributed by atoms with van der Waals surface area (Å²) in [6, 6.07) is 18.0. The largest absolute Gasteiger partial charge is 0.431 e. The summed E-state index contributed by atoms with van der Waals surface area (Å²) in [6.45, 7) is 0. The quantitative estimate of drug-likeness (QED) is 0.559. The maximum absolute atomic E-state index is 5.89. The summed E-state index contributed by atoms with van der Waals surface area (Å²) in [6.07, 6.45) is 1.96. The van der Waals surface area contributed by atoms with Crippen LogP contribution in [0.1, 0.15) is 0 Å². The lowest BCUT2D eigenvalue weighted by molar-refractivity contribution is 0.467. The van der Waals surface area contributed by atoms with E-state index in [-0.39, 0.29) is 0 Å². The van der Waals surface area contributed by atoms with Crippen molar-refractivity contribution in [2.75, 3.05) is 6.26 Å². The average molecular weight is 314 g/mol. The highest BCUT2D eigenvalue weighted by molar-refractivity contribution is 7.98. The van der Waals surface area contributed by atoms with Gasteiger partial charge in [0.2, 0.25) is 0 Å². The van der Waals surface area contributed by atoms with Crippen LogP contribution in [-0.2, 0) is 0 Å². The minimum atomic E-state index is 0.668. The second kappa shape index (κ2) is 6.39. The number of hydrogen-bond donors (Lipinski definition) is 1. The minimum Gasteiger partial charge on any atom is -0.431 e. The summed E-state index contributed by atoms with van der Waals surface area (Å²) in [5, 5.41) is 6.23. The van der Waals surface area contributed by atoms with Gasteiger partial charge in [-0.05, 0) is 42.5 Å². The van der Waals surface area contributed by atoms with Crippen molar-refractivity contribution in [3.05, 3.63) is 54.6 Å². The molecule has 0 atom stereocenters. The van der Waals surface area contributed by atoms with Gasteiger partial charge in [0.25, 0.3) is 5.22 Å². The van der Waals surface area contributed by atoms with E-state index in [2.05, 4.69) is 4.98 Å². The molecule has 2 aromatic carbocycles. The number of benzene rings is 2. The summed E-state index contributed by atoms with van der Waals surface area (Å²) < 4.78 is 5.89. The van der Waals surface area contributed by atoms with Crippen LogP contribution in [0.3, 0.4) is 0 Å². The van der Waals surface area contributed by atoms with Crippen molar-refractivity contribution in [3.8, 4) is 22.6 Å². The van der Waals surface area contributed by atoms with E-state index in [4.69, 9.17) is 9.56 Å². The predicted octanol–water partition coefficient (Wildman–Crippen LogP) is 4.70. The Kier molecular flexibility index (Phi) is 4.34. The van der Waals surface area contributed by atoms with E-state index < -0.39 is 0 Å². The Morgan fingerprint density at radius 2 is 1.67 bits per heavy atom. The molecular formula is C16H14N2OS2. The van der Waals surface area contributed by atoms with Gasteiger partial charge >= 0.3 is 0 Å². The van der Waals surface area contributed by atoms with Crippen molar-refractivity contribution < 1.29 is 4.42 Å². The molecule has 0 spiro atoms. The maximum Gasteiger partial charge on any atom is 0.256 e. The molecule has 0 amide bonds. The van der Waals surface area contributed by atoms with Gasteiger partial charge in [-0.2, -0.15) is 0 Å². The van der Waals surface area contributed by atoms with Crippen LogP contribution in [0.25, 0.3) is 22.6 Å². The van der Waals surface area contributed by atoms with Gasteiger partial charge in [-0.15, -0.1) is 0 Å². The molecule has 3 rings (SSSR count). The van der Waals surface area contributed by atoms with Gasteiger partial charge in [0.1, 0.15) is 5.69 Å². The molecule has 0 bridgehead atoms. The third-order valence-corrected chi connectivity index (χ3v) is 4.15. The minimum absolute atomic E-state index is 0.668. The topological polar surface area (TPSA) is 52.0 Å². The van der Waals surface area contributed by atoms with Gasteiger partial charge in [-0.25, -0.2) is 4.98 Å². The first-order chi connectivity index (χ1) is 10.3. The van der Waals surface area contributed by atoms with E-state index >= 15 is 0 Å².